The molecule has 0 bridgehead atoms. The average molecular weight is 377 g/mol. The number of hydrogen-bond acceptors (Lipinski definition) is 4. The van der Waals surface area contributed by atoms with Gasteiger partial charge in [0.15, 0.2) is 0 Å². The molecule has 1 rings (SSSR count). The van der Waals surface area contributed by atoms with E-state index in [-0.39, 0.29) is 11.9 Å². The van der Waals surface area contributed by atoms with E-state index in [0.717, 1.165) is 38.5 Å². The Kier molecular flexibility index (Phi) is 12.2. The predicted molar refractivity (Wildman–Crippen MR) is 109 cm³/mol. The summed E-state index contributed by atoms with van der Waals surface area (Å²) >= 11 is 0. The molecular formula is C23H36O4. The second kappa shape index (κ2) is 14.2. The predicted octanol–water partition coefficient (Wildman–Crippen LogP) is 6.19. The number of esters is 2. The van der Waals surface area contributed by atoms with Gasteiger partial charge >= 0.3 is 11.9 Å². The van der Waals surface area contributed by atoms with Crippen LogP contribution in [0.5, 0.6) is 0 Å². The maximum absolute atomic E-state index is 12.3. The number of benzene rings is 1. The summed E-state index contributed by atoms with van der Waals surface area (Å²) in [4.78, 5) is 24.2. The summed E-state index contributed by atoms with van der Waals surface area (Å²) in [7, 11) is 0. The lowest BCUT2D eigenvalue weighted by Gasteiger charge is -2.16. The van der Waals surface area contributed by atoms with Gasteiger partial charge in [-0.2, -0.15) is 0 Å². The minimum atomic E-state index is -0.343. The zero-order chi connectivity index (χ0) is 19.9. The summed E-state index contributed by atoms with van der Waals surface area (Å²) in [6.07, 6.45) is 9.93. The Bertz CT molecular complexity index is 536. The third-order valence-corrected chi connectivity index (χ3v) is 4.70. The normalized spacial score (nSPS) is 11.8. The summed E-state index contributed by atoms with van der Waals surface area (Å²) in [5.74, 6) is -0.234. The molecule has 0 spiro atoms. The van der Waals surface area contributed by atoms with Crippen LogP contribution < -0.4 is 0 Å². The van der Waals surface area contributed by atoms with Gasteiger partial charge in [-0.25, -0.2) is 9.59 Å². The lowest BCUT2D eigenvalue weighted by Crippen LogP contribution is -2.15. The molecule has 0 N–H and O–H groups in total. The molecule has 1 atom stereocenters. The Morgan fingerprint density at radius 3 is 1.85 bits per heavy atom. The van der Waals surface area contributed by atoms with Gasteiger partial charge in [0.05, 0.1) is 24.3 Å². The summed E-state index contributed by atoms with van der Waals surface area (Å²) in [6.45, 7) is 7.37. The summed E-state index contributed by atoms with van der Waals surface area (Å²) in [5.41, 5.74) is 0.938. The van der Waals surface area contributed by atoms with Crippen molar-refractivity contribution in [3.05, 3.63) is 35.4 Å². The standard InChI is InChI=1S/C23H36O4/c1-4-7-9-12-19(11-6-3)18-27-23(25)21-15-13-20(14-16-21)22(24)26-17-10-8-5-2/h13-16,19H,4-12,17-18H2,1-3H3. The van der Waals surface area contributed by atoms with Crippen molar-refractivity contribution in [2.75, 3.05) is 13.2 Å². The van der Waals surface area contributed by atoms with Crippen LogP contribution in [0.2, 0.25) is 0 Å². The first-order valence-corrected chi connectivity index (χ1v) is 10.6. The van der Waals surface area contributed by atoms with E-state index in [1.807, 2.05) is 0 Å². The van der Waals surface area contributed by atoms with Crippen LogP contribution in [0.4, 0.5) is 0 Å². The van der Waals surface area contributed by atoms with E-state index in [2.05, 4.69) is 20.8 Å². The van der Waals surface area contributed by atoms with E-state index in [1.165, 1.54) is 19.3 Å². The minimum Gasteiger partial charge on any atom is -0.462 e. The van der Waals surface area contributed by atoms with Gasteiger partial charge in [0.2, 0.25) is 0 Å². The van der Waals surface area contributed by atoms with E-state index < -0.39 is 0 Å². The Morgan fingerprint density at radius 1 is 0.741 bits per heavy atom. The van der Waals surface area contributed by atoms with Crippen LogP contribution in [0.3, 0.4) is 0 Å². The van der Waals surface area contributed by atoms with Crippen molar-refractivity contribution in [3.8, 4) is 0 Å². The highest BCUT2D eigenvalue weighted by molar-refractivity contribution is 5.93. The van der Waals surface area contributed by atoms with Crippen LogP contribution in [0, 0.1) is 5.92 Å². The first kappa shape index (κ1) is 23.2. The molecule has 0 saturated heterocycles. The SMILES string of the molecule is CCCCCOC(=O)c1ccc(C(=O)OCC(CCC)CCCCC)cc1. The molecule has 0 heterocycles. The zero-order valence-corrected chi connectivity index (χ0v) is 17.3. The maximum atomic E-state index is 12.3. The highest BCUT2D eigenvalue weighted by Crippen LogP contribution is 2.17. The van der Waals surface area contributed by atoms with Gasteiger partial charge in [-0.3, -0.25) is 0 Å². The lowest BCUT2D eigenvalue weighted by atomic mass is 9.97. The fraction of sp³-hybridized carbons (Fsp3) is 0.652. The molecule has 152 valence electrons. The van der Waals surface area contributed by atoms with Gasteiger partial charge in [0, 0.05) is 0 Å². The van der Waals surface area contributed by atoms with Gasteiger partial charge in [0.25, 0.3) is 0 Å². The van der Waals surface area contributed by atoms with E-state index in [1.54, 1.807) is 24.3 Å². The van der Waals surface area contributed by atoms with Crippen molar-refractivity contribution in [3.63, 3.8) is 0 Å². The minimum absolute atomic E-state index is 0.325. The average Bonchev–Trinajstić information content (AvgIpc) is 2.69. The van der Waals surface area contributed by atoms with Crippen molar-refractivity contribution in [2.45, 2.75) is 78.6 Å². The quantitative estimate of drug-likeness (QED) is 0.287. The Labute approximate surface area is 164 Å². The monoisotopic (exact) mass is 376 g/mol. The third kappa shape index (κ3) is 9.60. The number of unbranched alkanes of at least 4 members (excludes halogenated alkanes) is 4. The van der Waals surface area contributed by atoms with Crippen molar-refractivity contribution in [1.29, 1.82) is 0 Å². The first-order chi connectivity index (χ1) is 13.1. The molecular weight excluding hydrogens is 340 g/mol. The smallest absolute Gasteiger partial charge is 0.338 e. The second-order valence-electron chi connectivity index (χ2n) is 7.17. The van der Waals surface area contributed by atoms with Gasteiger partial charge in [0.1, 0.15) is 0 Å². The zero-order valence-electron chi connectivity index (χ0n) is 17.3. The van der Waals surface area contributed by atoms with Gasteiger partial charge in [-0.05, 0) is 49.4 Å². The summed E-state index contributed by atoms with van der Waals surface area (Å²) in [5, 5.41) is 0. The van der Waals surface area contributed by atoms with Crippen LogP contribution >= 0.6 is 0 Å². The topological polar surface area (TPSA) is 52.6 Å². The molecule has 0 saturated carbocycles. The molecule has 0 aliphatic rings. The molecule has 27 heavy (non-hydrogen) atoms. The second-order valence-corrected chi connectivity index (χ2v) is 7.17. The number of rotatable bonds is 14. The van der Waals surface area contributed by atoms with Crippen molar-refractivity contribution < 1.29 is 19.1 Å². The van der Waals surface area contributed by atoms with E-state index in [0.29, 0.717) is 30.3 Å². The first-order valence-electron chi connectivity index (χ1n) is 10.6. The third-order valence-electron chi connectivity index (χ3n) is 4.70. The molecule has 0 radical (unpaired) electrons. The number of hydrogen-bond donors (Lipinski definition) is 0. The highest BCUT2D eigenvalue weighted by Gasteiger charge is 2.14. The Hall–Kier alpha value is -1.84. The van der Waals surface area contributed by atoms with Crippen molar-refractivity contribution in [2.24, 2.45) is 5.92 Å². The fourth-order valence-electron chi connectivity index (χ4n) is 3.02. The molecule has 0 aromatic heterocycles. The molecule has 1 unspecified atom stereocenters. The van der Waals surface area contributed by atoms with Gasteiger partial charge in [-0.15, -0.1) is 0 Å². The largest absolute Gasteiger partial charge is 0.462 e. The fourth-order valence-corrected chi connectivity index (χ4v) is 3.02. The molecule has 0 fully saturated rings. The van der Waals surface area contributed by atoms with Gasteiger partial charge in [-0.1, -0.05) is 59.3 Å². The molecule has 0 amide bonds. The summed E-state index contributed by atoms with van der Waals surface area (Å²) in [6, 6.07) is 6.53. The maximum Gasteiger partial charge on any atom is 0.338 e. The lowest BCUT2D eigenvalue weighted by molar-refractivity contribution is 0.0421. The van der Waals surface area contributed by atoms with Crippen LogP contribution in [0.15, 0.2) is 24.3 Å². The molecule has 4 nitrogen and oxygen atoms in total. The van der Waals surface area contributed by atoms with Crippen LogP contribution in [0.25, 0.3) is 0 Å². The van der Waals surface area contributed by atoms with Crippen LogP contribution in [0.1, 0.15) is 99.3 Å². The molecule has 1 aromatic rings. The Balaban J connectivity index is 2.46. The van der Waals surface area contributed by atoms with E-state index in [4.69, 9.17) is 9.47 Å². The Morgan fingerprint density at radius 2 is 1.30 bits per heavy atom. The number of carbonyl (C=O) groups excluding carboxylic acids is 2. The van der Waals surface area contributed by atoms with Crippen molar-refractivity contribution in [1.82, 2.24) is 0 Å². The number of carbonyl (C=O) groups is 2. The van der Waals surface area contributed by atoms with Crippen LogP contribution in [-0.2, 0) is 9.47 Å². The summed E-state index contributed by atoms with van der Waals surface area (Å²) < 4.78 is 10.7. The molecule has 0 aliphatic heterocycles. The molecule has 0 aliphatic carbocycles. The number of ether oxygens (including phenoxy) is 2. The molecule has 1 aromatic carbocycles. The molecule has 4 heteroatoms. The van der Waals surface area contributed by atoms with E-state index in [9.17, 15) is 9.59 Å². The van der Waals surface area contributed by atoms with Crippen molar-refractivity contribution >= 4 is 11.9 Å². The van der Waals surface area contributed by atoms with Crippen LogP contribution in [-0.4, -0.2) is 25.2 Å². The van der Waals surface area contributed by atoms with Gasteiger partial charge < -0.3 is 9.47 Å². The highest BCUT2D eigenvalue weighted by atomic mass is 16.5. The van der Waals surface area contributed by atoms with E-state index >= 15 is 0 Å².